The highest BCUT2D eigenvalue weighted by Crippen LogP contribution is 2.22. The van der Waals surface area contributed by atoms with E-state index < -0.39 is 0 Å². The molecule has 0 atom stereocenters. The first kappa shape index (κ1) is 17.7. The molecule has 1 saturated carbocycles. The Bertz CT molecular complexity index is 207. The summed E-state index contributed by atoms with van der Waals surface area (Å²) in [5, 5.41) is 6.23. The summed E-state index contributed by atoms with van der Waals surface area (Å²) >= 11 is 0. The van der Waals surface area contributed by atoms with Crippen molar-refractivity contribution in [2.24, 2.45) is 5.92 Å². The van der Waals surface area contributed by atoms with E-state index in [1.54, 1.807) is 7.11 Å². The standard InChI is InChI=1S/C13H26N2O2.ClH/c1-17-11-10-14-8-9-15-13(16)12-6-4-2-3-5-7-12;/h12,14H,2-11H2,1H3,(H,15,16);1H. The molecule has 1 amide bonds. The quantitative estimate of drug-likeness (QED) is 0.551. The van der Waals surface area contributed by atoms with Gasteiger partial charge in [0, 0.05) is 32.7 Å². The zero-order valence-corrected chi connectivity index (χ0v) is 12.2. The van der Waals surface area contributed by atoms with E-state index in [4.69, 9.17) is 4.74 Å². The maximum atomic E-state index is 11.9. The average molecular weight is 279 g/mol. The molecular weight excluding hydrogens is 252 g/mol. The normalized spacial score (nSPS) is 16.7. The van der Waals surface area contributed by atoms with Crippen molar-refractivity contribution in [1.82, 2.24) is 10.6 Å². The number of amides is 1. The van der Waals surface area contributed by atoms with E-state index in [0.717, 1.165) is 39.1 Å². The Morgan fingerprint density at radius 2 is 1.78 bits per heavy atom. The van der Waals surface area contributed by atoms with E-state index >= 15 is 0 Å². The van der Waals surface area contributed by atoms with Crippen molar-refractivity contribution in [2.75, 3.05) is 33.4 Å². The van der Waals surface area contributed by atoms with Gasteiger partial charge in [-0.1, -0.05) is 25.7 Å². The molecule has 0 aromatic rings. The lowest BCUT2D eigenvalue weighted by molar-refractivity contribution is -0.125. The van der Waals surface area contributed by atoms with Crippen LogP contribution in [-0.2, 0) is 9.53 Å². The summed E-state index contributed by atoms with van der Waals surface area (Å²) in [5.41, 5.74) is 0. The van der Waals surface area contributed by atoms with Gasteiger partial charge in [-0.3, -0.25) is 4.79 Å². The topological polar surface area (TPSA) is 50.4 Å². The molecule has 18 heavy (non-hydrogen) atoms. The second-order valence-electron chi connectivity index (χ2n) is 4.72. The summed E-state index contributed by atoms with van der Waals surface area (Å²) in [5.74, 6) is 0.511. The van der Waals surface area contributed by atoms with Crippen molar-refractivity contribution in [3.63, 3.8) is 0 Å². The highest BCUT2D eigenvalue weighted by Gasteiger charge is 2.19. The zero-order chi connectivity index (χ0) is 12.3. The third-order valence-electron chi connectivity index (χ3n) is 3.31. The summed E-state index contributed by atoms with van der Waals surface area (Å²) in [6, 6.07) is 0. The summed E-state index contributed by atoms with van der Waals surface area (Å²) in [6.45, 7) is 3.10. The van der Waals surface area contributed by atoms with Gasteiger partial charge in [-0.2, -0.15) is 0 Å². The minimum Gasteiger partial charge on any atom is -0.383 e. The Labute approximate surface area is 117 Å². The Morgan fingerprint density at radius 3 is 2.39 bits per heavy atom. The van der Waals surface area contributed by atoms with Crippen LogP contribution in [0.25, 0.3) is 0 Å². The summed E-state index contributed by atoms with van der Waals surface area (Å²) in [7, 11) is 1.69. The molecule has 1 rings (SSSR count). The second-order valence-corrected chi connectivity index (χ2v) is 4.72. The molecular formula is C13H27ClN2O2. The van der Waals surface area contributed by atoms with E-state index in [9.17, 15) is 4.79 Å². The number of carbonyl (C=O) groups is 1. The molecule has 4 nitrogen and oxygen atoms in total. The van der Waals surface area contributed by atoms with E-state index in [2.05, 4.69) is 10.6 Å². The smallest absolute Gasteiger partial charge is 0.223 e. The molecule has 1 aliphatic carbocycles. The van der Waals surface area contributed by atoms with Crippen LogP contribution < -0.4 is 10.6 Å². The fourth-order valence-electron chi connectivity index (χ4n) is 2.26. The molecule has 0 bridgehead atoms. The first-order chi connectivity index (χ1) is 8.34. The lowest BCUT2D eigenvalue weighted by atomic mass is 9.99. The van der Waals surface area contributed by atoms with Crippen molar-refractivity contribution < 1.29 is 9.53 Å². The zero-order valence-electron chi connectivity index (χ0n) is 11.4. The number of nitrogens with one attached hydrogen (secondary N) is 2. The molecule has 1 aliphatic rings. The summed E-state index contributed by atoms with van der Waals surface area (Å²) in [4.78, 5) is 11.9. The van der Waals surface area contributed by atoms with Gasteiger partial charge < -0.3 is 15.4 Å². The number of hydrogen-bond acceptors (Lipinski definition) is 3. The van der Waals surface area contributed by atoms with E-state index in [-0.39, 0.29) is 24.2 Å². The molecule has 0 radical (unpaired) electrons. The SMILES string of the molecule is COCCNCCNC(=O)C1CCCCCC1.Cl. The minimum absolute atomic E-state index is 0. The highest BCUT2D eigenvalue weighted by atomic mass is 35.5. The minimum atomic E-state index is 0. The van der Waals surface area contributed by atoms with Crippen molar-refractivity contribution in [3.8, 4) is 0 Å². The molecule has 2 N–H and O–H groups in total. The summed E-state index contributed by atoms with van der Waals surface area (Å²) in [6.07, 6.45) is 7.16. The van der Waals surface area contributed by atoms with Gasteiger partial charge in [-0.15, -0.1) is 12.4 Å². The monoisotopic (exact) mass is 278 g/mol. The number of carbonyl (C=O) groups excluding carboxylic acids is 1. The Morgan fingerprint density at radius 1 is 1.11 bits per heavy atom. The number of rotatable bonds is 7. The fourth-order valence-corrected chi connectivity index (χ4v) is 2.26. The van der Waals surface area contributed by atoms with Crippen LogP contribution in [-0.4, -0.2) is 39.3 Å². The van der Waals surface area contributed by atoms with Crippen LogP contribution in [0.1, 0.15) is 38.5 Å². The van der Waals surface area contributed by atoms with Gasteiger partial charge in [0.15, 0.2) is 0 Å². The second kappa shape index (κ2) is 11.8. The van der Waals surface area contributed by atoms with Gasteiger partial charge in [-0.05, 0) is 12.8 Å². The van der Waals surface area contributed by atoms with Crippen molar-refractivity contribution in [1.29, 1.82) is 0 Å². The Hall–Kier alpha value is -0.320. The fraction of sp³-hybridized carbons (Fsp3) is 0.923. The van der Waals surface area contributed by atoms with Gasteiger partial charge in [0.25, 0.3) is 0 Å². The lowest BCUT2D eigenvalue weighted by Crippen LogP contribution is -2.36. The largest absolute Gasteiger partial charge is 0.383 e. The molecule has 0 aromatic carbocycles. The molecule has 0 unspecified atom stereocenters. The Balaban J connectivity index is 0.00000289. The van der Waals surface area contributed by atoms with Crippen LogP contribution in [0.15, 0.2) is 0 Å². The molecule has 1 fully saturated rings. The van der Waals surface area contributed by atoms with Gasteiger partial charge in [0.1, 0.15) is 0 Å². The maximum absolute atomic E-state index is 11.9. The number of ether oxygens (including phenoxy) is 1. The van der Waals surface area contributed by atoms with Crippen LogP contribution in [0, 0.1) is 5.92 Å². The maximum Gasteiger partial charge on any atom is 0.223 e. The van der Waals surface area contributed by atoms with Gasteiger partial charge in [0.2, 0.25) is 5.91 Å². The van der Waals surface area contributed by atoms with Crippen molar-refractivity contribution in [3.05, 3.63) is 0 Å². The first-order valence-corrected chi connectivity index (χ1v) is 6.82. The number of halogens is 1. The highest BCUT2D eigenvalue weighted by molar-refractivity contribution is 5.85. The van der Waals surface area contributed by atoms with Crippen molar-refractivity contribution in [2.45, 2.75) is 38.5 Å². The first-order valence-electron chi connectivity index (χ1n) is 6.82. The van der Waals surface area contributed by atoms with E-state index in [1.165, 1.54) is 25.7 Å². The van der Waals surface area contributed by atoms with Crippen LogP contribution in [0.3, 0.4) is 0 Å². The van der Waals surface area contributed by atoms with Gasteiger partial charge in [-0.25, -0.2) is 0 Å². The molecule has 0 aromatic heterocycles. The predicted molar refractivity (Wildman–Crippen MR) is 76.2 cm³/mol. The van der Waals surface area contributed by atoms with Crippen LogP contribution in [0.2, 0.25) is 0 Å². The molecule has 5 heteroatoms. The molecule has 0 aliphatic heterocycles. The molecule has 0 heterocycles. The number of hydrogen-bond donors (Lipinski definition) is 2. The van der Waals surface area contributed by atoms with Crippen LogP contribution in [0.5, 0.6) is 0 Å². The van der Waals surface area contributed by atoms with E-state index in [0.29, 0.717) is 0 Å². The Kier molecular flexibility index (Phi) is 11.5. The van der Waals surface area contributed by atoms with Crippen LogP contribution in [0.4, 0.5) is 0 Å². The van der Waals surface area contributed by atoms with Gasteiger partial charge >= 0.3 is 0 Å². The molecule has 0 spiro atoms. The summed E-state index contributed by atoms with van der Waals surface area (Å²) < 4.78 is 4.93. The average Bonchev–Trinajstić information content (AvgIpc) is 2.62. The number of methoxy groups -OCH3 is 1. The van der Waals surface area contributed by atoms with Crippen molar-refractivity contribution >= 4 is 18.3 Å². The molecule has 0 saturated heterocycles. The third-order valence-corrected chi connectivity index (χ3v) is 3.31. The predicted octanol–water partition coefficient (Wildman–Crippen LogP) is 1.73. The van der Waals surface area contributed by atoms with E-state index in [1.807, 2.05) is 0 Å². The lowest BCUT2D eigenvalue weighted by Gasteiger charge is -2.14. The van der Waals surface area contributed by atoms with Crippen LogP contribution >= 0.6 is 12.4 Å². The third kappa shape index (κ3) is 7.90. The molecule has 108 valence electrons. The van der Waals surface area contributed by atoms with Gasteiger partial charge in [0.05, 0.1) is 6.61 Å².